The monoisotopic (exact) mass is 330 g/mol. The van der Waals surface area contributed by atoms with Crippen LogP contribution in [0.4, 0.5) is 16.2 Å². The molecular weight excluding hydrogens is 311 g/mol. The number of hydrogen-bond acceptors (Lipinski definition) is 5. The van der Waals surface area contributed by atoms with Crippen LogP contribution in [0.25, 0.3) is 0 Å². The maximum absolute atomic E-state index is 13.1. The zero-order valence-electron chi connectivity index (χ0n) is 13.2. The number of halogens is 1. The fourth-order valence-corrected chi connectivity index (χ4v) is 3.25. The van der Waals surface area contributed by atoms with Gasteiger partial charge in [-0.25, -0.2) is 9.37 Å². The van der Waals surface area contributed by atoms with Gasteiger partial charge >= 0.3 is 5.97 Å². The highest BCUT2D eigenvalue weighted by Gasteiger charge is 2.42. The molecule has 1 aromatic carbocycles. The van der Waals surface area contributed by atoms with Crippen molar-refractivity contribution in [1.82, 2.24) is 9.97 Å². The van der Waals surface area contributed by atoms with Crippen molar-refractivity contribution in [3.8, 4) is 0 Å². The minimum absolute atomic E-state index is 0.164. The summed E-state index contributed by atoms with van der Waals surface area (Å²) in [5.74, 6) is -0.382. The van der Waals surface area contributed by atoms with Crippen LogP contribution < -0.4 is 10.6 Å². The molecule has 3 rings (SSSR count). The van der Waals surface area contributed by atoms with Crippen LogP contribution in [-0.4, -0.2) is 34.1 Å². The minimum atomic E-state index is -0.935. The molecule has 0 bridgehead atoms. The highest BCUT2D eigenvalue weighted by molar-refractivity contribution is 5.76. The Morgan fingerprint density at radius 2 is 2.08 bits per heavy atom. The Labute approximate surface area is 139 Å². The van der Waals surface area contributed by atoms with Crippen molar-refractivity contribution in [3.63, 3.8) is 0 Å². The fraction of sp³-hybridized carbons (Fsp3) is 0.353. The Kier molecular flexibility index (Phi) is 4.33. The van der Waals surface area contributed by atoms with Crippen molar-refractivity contribution in [2.75, 3.05) is 23.7 Å². The maximum Gasteiger partial charge on any atom is 0.311 e. The number of carboxylic acid groups (broad SMARTS) is 1. The molecule has 0 amide bonds. The standard InChI is InChI=1S/C17H19FN4O2/c18-13-4-2-12(3-5-13)10-17(15(23)24)7-1-9-22(11-17)14-6-8-20-16(19)21-14/h2-6,8H,1,7,9-11H2,(H,23,24)(H2,19,20,21)/t17-/m0/s1. The van der Waals surface area contributed by atoms with Crippen molar-refractivity contribution in [1.29, 1.82) is 0 Å². The molecule has 1 fully saturated rings. The van der Waals surface area contributed by atoms with E-state index < -0.39 is 11.4 Å². The third kappa shape index (κ3) is 3.29. The second-order valence-electron chi connectivity index (χ2n) is 6.19. The van der Waals surface area contributed by atoms with E-state index in [2.05, 4.69) is 9.97 Å². The zero-order chi connectivity index (χ0) is 17.2. The average molecular weight is 330 g/mol. The summed E-state index contributed by atoms with van der Waals surface area (Å²) in [4.78, 5) is 22.0. The number of carbonyl (C=O) groups is 1. The molecule has 0 spiro atoms. The van der Waals surface area contributed by atoms with Crippen LogP contribution in [0, 0.1) is 11.2 Å². The lowest BCUT2D eigenvalue weighted by molar-refractivity contribution is -0.149. The van der Waals surface area contributed by atoms with Crippen LogP contribution in [0.2, 0.25) is 0 Å². The van der Waals surface area contributed by atoms with Crippen LogP contribution in [-0.2, 0) is 11.2 Å². The van der Waals surface area contributed by atoms with Gasteiger partial charge in [0.2, 0.25) is 5.95 Å². The first-order valence-electron chi connectivity index (χ1n) is 7.80. The lowest BCUT2D eigenvalue weighted by Crippen LogP contribution is -2.49. The van der Waals surface area contributed by atoms with E-state index in [1.807, 2.05) is 4.90 Å². The van der Waals surface area contributed by atoms with Gasteiger partial charge in [-0.05, 0) is 43.0 Å². The summed E-state index contributed by atoms with van der Waals surface area (Å²) in [7, 11) is 0. The van der Waals surface area contributed by atoms with Gasteiger partial charge in [0, 0.05) is 19.3 Å². The number of aliphatic carboxylic acids is 1. The second-order valence-corrected chi connectivity index (χ2v) is 6.19. The number of hydrogen-bond donors (Lipinski definition) is 2. The van der Waals surface area contributed by atoms with Crippen molar-refractivity contribution < 1.29 is 14.3 Å². The molecule has 6 nitrogen and oxygen atoms in total. The van der Waals surface area contributed by atoms with E-state index >= 15 is 0 Å². The fourth-order valence-electron chi connectivity index (χ4n) is 3.25. The Morgan fingerprint density at radius 3 is 2.75 bits per heavy atom. The third-order valence-electron chi connectivity index (χ3n) is 4.47. The second kappa shape index (κ2) is 6.43. The Bertz CT molecular complexity index is 738. The number of nitrogens with zero attached hydrogens (tertiary/aromatic N) is 3. The Balaban J connectivity index is 1.86. The van der Waals surface area contributed by atoms with Gasteiger partial charge in [0.1, 0.15) is 11.6 Å². The molecule has 2 heterocycles. The predicted octanol–water partition coefficient (Wildman–Crippen LogP) is 2.11. The molecule has 7 heteroatoms. The number of anilines is 2. The summed E-state index contributed by atoms with van der Waals surface area (Å²) >= 11 is 0. The van der Waals surface area contributed by atoms with E-state index in [4.69, 9.17) is 5.73 Å². The van der Waals surface area contributed by atoms with Crippen molar-refractivity contribution in [2.24, 2.45) is 5.41 Å². The first-order valence-corrected chi connectivity index (χ1v) is 7.80. The Morgan fingerprint density at radius 1 is 1.33 bits per heavy atom. The number of piperidine rings is 1. The van der Waals surface area contributed by atoms with E-state index in [0.29, 0.717) is 25.2 Å². The molecule has 0 radical (unpaired) electrons. The molecule has 0 aliphatic carbocycles. The van der Waals surface area contributed by atoms with E-state index in [-0.39, 0.29) is 11.8 Å². The Hall–Kier alpha value is -2.70. The lowest BCUT2D eigenvalue weighted by Gasteiger charge is -2.40. The molecule has 1 aliphatic heterocycles. The SMILES string of the molecule is Nc1nccc(N2CCC[C@@](Cc3ccc(F)cc3)(C(=O)O)C2)n1. The molecule has 2 aromatic rings. The molecule has 1 aromatic heterocycles. The van der Waals surface area contributed by atoms with E-state index in [1.165, 1.54) is 12.1 Å². The lowest BCUT2D eigenvalue weighted by atomic mass is 9.75. The van der Waals surface area contributed by atoms with E-state index in [9.17, 15) is 14.3 Å². The van der Waals surface area contributed by atoms with E-state index in [0.717, 1.165) is 18.5 Å². The molecule has 0 saturated carbocycles. The number of rotatable bonds is 4. The molecule has 24 heavy (non-hydrogen) atoms. The summed E-state index contributed by atoms with van der Waals surface area (Å²) in [5, 5.41) is 9.87. The number of nitrogens with two attached hydrogens (primary N) is 1. The summed E-state index contributed by atoms with van der Waals surface area (Å²) < 4.78 is 13.1. The molecule has 0 unspecified atom stereocenters. The van der Waals surface area contributed by atoms with Crippen molar-refractivity contribution >= 4 is 17.7 Å². The number of aromatic nitrogens is 2. The number of benzene rings is 1. The number of nitrogen functional groups attached to an aromatic ring is 1. The third-order valence-corrected chi connectivity index (χ3v) is 4.47. The summed E-state index contributed by atoms with van der Waals surface area (Å²) in [6, 6.07) is 7.72. The smallest absolute Gasteiger partial charge is 0.311 e. The predicted molar refractivity (Wildman–Crippen MR) is 88.1 cm³/mol. The highest BCUT2D eigenvalue weighted by Crippen LogP contribution is 2.35. The van der Waals surface area contributed by atoms with Crippen LogP contribution >= 0.6 is 0 Å². The number of carboxylic acids is 1. The zero-order valence-corrected chi connectivity index (χ0v) is 13.2. The molecule has 1 atom stereocenters. The van der Waals surface area contributed by atoms with Gasteiger partial charge in [0.15, 0.2) is 0 Å². The maximum atomic E-state index is 13.1. The first kappa shape index (κ1) is 16.2. The van der Waals surface area contributed by atoms with Crippen LogP contribution in [0.15, 0.2) is 36.5 Å². The van der Waals surface area contributed by atoms with Gasteiger partial charge in [-0.2, -0.15) is 4.98 Å². The molecule has 1 saturated heterocycles. The normalized spacial score (nSPS) is 20.8. The average Bonchev–Trinajstić information content (AvgIpc) is 2.57. The molecule has 3 N–H and O–H groups in total. The van der Waals surface area contributed by atoms with Gasteiger partial charge in [0.25, 0.3) is 0 Å². The topological polar surface area (TPSA) is 92.3 Å². The van der Waals surface area contributed by atoms with Crippen molar-refractivity contribution in [3.05, 3.63) is 47.9 Å². The highest BCUT2D eigenvalue weighted by atomic mass is 19.1. The van der Waals surface area contributed by atoms with E-state index in [1.54, 1.807) is 24.4 Å². The van der Waals surface area contributed by atoms with Gasteiger partial charge in [-0.1, -0.05) is 12.1 Å². The van der Waals surface area contributed by atoms with Gasteiger partial charge in [0.05, 0.1) is 5.41 Å². The summed E-state index contributed by atoms with van der Waals surface area (Å²) in [6.45, 7) is 1.05. The summed E-state index contributed by atoms with van der Waals surface area (Å²) in [6.07, 6.45) is 3.21. The van der Waals surface area contributed by atoms with Gasteiger partial charge in [-0.3, -0.25) is 4.79 Å². The molecule has 1 aliphatic rings. The quantitative estimate of drug-likeness (QED) is 0.892. The van der Waals surface area contributed by atoms with Gasteiger partial charge in [-0.15, -0.1) is 0 Å². The van der Waals surface area contributed by atoms with Gasteiger partial charge < -0.3 is 15.7 Å². The van der Waals surface area contributed by atoms with Crippen LogP contribution in [0.1, 0.15) is 18.4 Å². The van der Waals surface area contributed by atoms with Crippen LogP contribution in [0.5, 0.6) is 0 Å². The summed E-state index contributed by atoms with van der Waals surface area (Å²) in [5.41, 5.74) is 5.50. The first-order chi connectivity index (χ1) is 11.5. The van der Waals surface area contributed by atoms with Crippen molar-refractivity contribution in [2.45, 2.75) is 19.3 Å². The molecule has 126 valence electrons. The largest absolute Gasteiger partial charge is 0.481 e. The van der Waals surface area contributed by atoms with Crippen LogP contribution in [0.3, 0.4) is 0 Å². The molecular formula is C17H19FN4O2. The minimum Gasteiger partial charge on any atom is -0.481 e.